The summed E-state index contributed by atoms with van der Waals surface area (Å²) < 4.78 is 0. The van der Waals surface area contributed by atoms with Gasteiger partial charge in [-0.25, -0.2) is 0 Å². The van der Waals surface area contributed by atoms with Gasteiger partial charge in [0.25, 0.3) is 0 Å². The third-order valence-corrected chi connectivity index (χ3v) is 2.16. The van der Waals surface area contributed by atoms with Gasteiger partial charge in [-0.15, -0.1) is 0 Å². The minimum Gasteiger partial charge on any atom is -0.374 e. The van der Waals surface area contributed by atoms with Crippen molar-refractivity contribution < 1.29 is 0 Å². The van der Waals surface area contributed by atoms with Crippen LogP contribution in [-0.2, 0) is 0 Å². The highest BCUT2D eigenvalue weighted by molar-refractivity contribution is 5.44. The molecule has 0 fully saturated rings. The first-order valence-electron chi connectivity index (χ1n) is 5.28. The fraction of sp³-hybridized carbons (Fsp3) is 0.0667. The Morgan fingerprint density at radius 3 is 2.12 bits per heavy atom. The first-order chi connectivity index (χ1) is 7.95. The average molecular weight is 207 g/mol. The second-order valence-corrected chi connectivity index (χ2v) is 3.39. The van der Waals surface area contributed by atoms with Gasteiger partial charge in [-0.3, -0.25) is 0 Å². The molecule has 0 radical (unpaired) electrons. The van der Waals surface area contributed by atoms with Crippen molar-refractivity contribution in [3.05, 3.63) is 66.2 Å². The van der Waals surface area contributed by atoms with E-state index in [1.54, 1.807) is 0 Å². The monoisotopic (exact) mass is 207 g/mol. The van der Waals surface area contributed by atoms with Crippen LogP contribution >= 0.6 is 0 Å². The van der Waals surface area contributed by atoms with Gasteiger partial charge in [-0.1, -0.05) is 48.2 Å². The standard InChI is InChI=1S/C15H13N/c1-3-8-14(9-4-1)10-7-13-16-15-11-5-2-6-12-15/h1-6,8-9,11-12,16H,13H2. The van der Waals surface area contributed by atoms with E-state index in [1.165, 1.54) is 0 Å². The number of hydrogen-bond donors (Lipinski definition) is 1. The molecule has 0 aliphatic carbocycles. The van der Waals surface area contributed by atoms with E-state index in [1.807, 2.05) is 60.7 Å². The predicted octanol–water partition coefficient (Wildman–Crippen LogP) is 3.15. The van der Waals surface area contributed by atoms with Crippen LogP contribution in [0.2, 0.25) is 0 Å². The van der Waals surface area contributed by atoms with Gasteiger partial charge < -0.3 is 5.32 Å². The molecular weight excluding hydrogens is 194 g/mol. The van der Waals surface area contributed by atoms with Crippen LogP contribution in [0.15, 0.2) is 60.7 Å². The van der Waals surface area contributed by atoms with Crippen LogP contribution in [0.3, 0.4) is 0 Å². The van der Waals surface area contributed by atoms with Gasteiger partial charge in [0.1, 0.15) is 0 Å². The van der Waals surface area contributed by atoms with Crippen LogP contribution in [0.5, 0.6) is 0 Å². The molecule has 0 spiro atoms. The second kappa shape index (κ2) is 5.63. The van der Waals surface area contributed by atoms with Crippen LogP contribution in [0.1, 0.15) is 5.56 Å². The molecule has 0 atom stereocenters. The van der Waals surface area contributed by atoms with Crippen molar-refractivity contribution in [1.29, 1.82) is 0 Å². The molecule has 78 valence electrons. The average Bonchev–Trinajstić information content (AvgIpc) is 2.37. The Hall–Kier alpha value is -2.20. The fourth-order valence-corrected chi connectivity index (χ4v) is 1.37. The summed E-state index contributed by atoms with van der Waals surface area (Å²) in [5, 5.41) is 3.24. The molecule has 2 aromatic rings. The zero-order valence-electron chi connectivity index (χ0n) is 8.98. The minimum atomic E-state index is 0.666. The lowest BCUT2D eigenvalue weighted by molar-refractivity contribution is 1.38. The van der Waals surface area contributed by atoms with E-state index in [0.717, 1.165) is 11.3 Å². The van der Waals surface area contributed by atoms with E-state index >= 15 is 0 Å². The topological polar surface area (TPSA) is 12.0 Å². The minimum absolute atomic E-state index is 0.666. The molecular formula is C15H13N. The van der Waals surface area contributed by atoms with Crippen molar-refractivity contribution in [2.45, 2.75) is 0 Å². The van der Waals surface area contributed by atoms with E-state index in [-0.39, 0.29) is 0 Å². The molecule has 1 heteroatoms. The Balaban J connectivity index is 1.87. The lowest BCUT2D eigenvalue weighted by Crippen LogP contribution is -1.97. The molecule has 1 N–H and O–H groups in total. The highest BCUT2D eigenvalue weighted by Gasteiger charge is 1.85. The van der Waals surface area contributed by atoms with Gasteiger partial charge in [-0.05, 0) is 24.3 Å². The molecule has 0 aliphatic rings. The number of nitrogens with one attached hydrogen (secondary N) is 1. The Labute approximate surface area is 96.1 Å². The molecule has 1 nitrogen and oxygen atoms in total. The van der Waals surface area contributed by atoms with Crippen LogP contribution in [0.4, 0.5) is 5.69 Å². The van der Waals surface area contributed by atoms with E-state index in [9.17, 15) is 0 Å². The summed E-state index contributed by atoms with van der Waals surface area (Å²) in [6.45, 7) is 0.666. The summed E-state index contributed by atoms with van der Waals surface area (Å²) in [4.78, 5) is 0. The molecule has 0 amide bonds. The first-order valence-corrected chi connectivity index (χ1v) is 5.28. The van der Waals surface area contributed by atoms with Gasteiger partial charge in [0.05, 0.1) is 6.54 Å². The van der Waals surface area contributed by atoms with Crippen molar-refractivity contribution >= 4 is 5.69 Å². The highest BCUT2D eigenvalue weighted by atomic mass is 14.8. The van der Waals surface area contributed by atoms with Crippen molar-refractivity contribution in [2.75, 3.05) is 11.9 Å². The lowest BCUT2D eigenvalue weighted by atomic mass is 10.2. The molecule has 0 saturated carbocycles. The van der Waals surface area contributed by atoms with E-state index in [2.05, 4.69) is 17.2 Å². The molecule has 0 heterocycles. The smallest absolute Gasteiger partial charge is 0.0769 e. The molecule has 0 aliphatic heterocycles. The molecule has 2 rings (SSSR count). The number of benzene rings is 2. The fourth-order valence-electron chi connectivity index (χ4n) is 1.37. The van der Waals surface area contributed by atoms with E-state index < -0.39 is 0 Å². The van der Waals surface area contributed by atoms with Crippen molar-refractivity contribution in [1.82, 2.24) is 0 Å². The maximum atomic E-state index is 3.24. The maximum absolute atomic E-state index is 3.24. The number of rotatable bonds is 2. The van der Waals surface area contributed by atoms with Crippen LogP contribution in [0, 0.1) is 11.8 Å². The molecule has 2 aromatic carbocycles. The second-order valence-electron chi connectivity index (χ2n) is 3.39. The first kappa shape index (κ1) is 10.3. The summed E-state index contributed by atoms with van der Waals surface area (Å²) in [6, 6.07) is 20.1. The molecule has 0 saturated heterocycles. The summed E-state index contributed by atoms with van der Waals surface area (Å²) in [5.74, 6) is 6.19. The van der Waals surface area contributed by atoms with Gasteiger partial charge in [0.2, 0.25) is 0 Å². The van der Waals surface area contributed by atoms with Crippen LogP contribution in [0.25, 0.3) is 0 Å². The van der Waals surface area contributed by atoms with Crippen molar-refractivity contribution in [2.24, 2.45) is 0 Å². The summed E-state index contributed by atoms with van der Waals surface area (Å²) in [5.41, 5.74) is 2.15. The third-order valence-electron chi connectivity index (χ3n) is 2.16. The van der Waals surface area contributed by atoms with Crippen LogP contribution in [-0.4, -0.2) is 6.54 Å². The van der Waals surface area contributed by atoms with Gasteiger partial charge in [0, 0.05) is 11.3 Å². The zero-order valence-corrected chi connectivity index (χ0v) is 8.98. The van der Waals surface area contributed by atoms with Gasteiger partial charge in [-0.2, -0.15) is 0 Å². The Kier molecular flexibility index (Phi) is 3.63. The van der Waals surface area contributed by atoms with Crippen molar-refractivity contribution in [3.63, 3.8) is 0 Å². The molecule has 0 bridgehead atoms. The molecule has 16 heavy (non-hydrogen) atoms. The molecule has 0 aromatic heterocycles. The van der Waals surface area contributed by atoms with Crippen molar-refractivity contribution in [3.8, 4) is 11.8 Å². The predicted molar refractivity (Wildman–Crippen MR) is 68.3 cm³/mol. The maximum Gasteiger partial charge on any atom is 0.0769 e. The summed E-state index contributed by atoms with van der Waals surface area (Å²) in [6.07, 6.45) is 0. The summed E-state index contributed by atoms with van der Waals surface area (Å²) >= 11 is 0. The Morgan fingerprint density at radius 1 is 0.812 bits per heavy atom. The Bertz CT molecular complexity index is 477. The normalized spacial score (nSPS) is 9.00. The quantitative estimate of drug-likeness (QED) is 0.746. The van der Waals surface area contributed by atoms with Gasteiger partial charge in [0.15, 0.2) is 0 Å². The summed E-state index contributed by atoms with van der Waals surface area (Å²) in [7, 11) is 0. The Morgan fingerprint density at radius 2 is 1.44 bits per heavy atom. The largest absolute Gasteiger partial charge is 0.374 e. The van der Waals surface area contributed by atoms with Crippen LogP contribution < -0.4 is 5.32 Å². The zero-order chi connectivity index (χ0) is 11.1. The highest BCUT2D eigenvalue weighted by Crippen LogP contribution is 2.03. The number of anilines is 1. The number of para-hydroxylation sites is 1. The lowest BCUT2D eigenvalue weighted by Gasteiger charge is -1.99. The van der Waals surface area contributed by atoms with E-state index in [0.29, 0.717) is 6.54 Å². The molecule has 0 unspecified atom stereocenters. The van der Waals surface area contributed by atoms with E-state index in [4.69, 9.17) is 0 Å². The third kappa shape index (κ3) is 3.18. The SMILES string of the molecule is C(#Cc1ccccc1)CNc1ccccc1. The van der Waals surface area contributed by atoms with Gasteiger partial charge >= 0.3 is 0 Å². The number of hydrogen-bond acceptors (Lipinski definition) is 1.